The van der Waals surface area contributed by atoms with Crippen LogP contribution in [0.2, 0.25) is 0 Å². The van der Waals surface area contributed by atoms with Gasteiger partial charge in [-0.2, -0.15) is 0 Å². The number of aliphatic hydroxyl groups is 4. The fraction of sp³-hybridized carbons (Fsp3) is 0.909. The molecule has 0 spiro atoms. The molecule has 0 aromatic heterocycles. The highest BCUT2D eigenvalue weighted by molar-refractivity contribution is 5.06. The van der Waals surface area contributed by atoms with Crippen LogP contribution in [-0.4, -0.2) is 88.3 Å². The summed E-state index contributed by atoms with van der Waals surface area (Å²) in [5, 5.41) is 41.3. The molecule has 0 radical (unpaired) electrons. The molecule has 0 aromatic rings. The number of rotatable bonds is 10. The van der Waals surface area contributed by atoms with Crippen molar-refractivity contribution in [2.45, 2.75) is 102 Å². The van der Waals surface area contributed by atoms with E-state index in [1.807, 2.05) is 27.7 Å². The molecule has 0 amide bonds. The third-order valence-corrected chi connectivity index (χ3v) is 7.57. The van der Waals surface area contributed by atoms with Crippen molar-refractivity contribution in [3.05, 3.63) is 12.8 Å². The summed E-state index contributed by atoms with van der Waals surface area (Å²) in [7, 11) is 0. The predicted octanol–water partition coefficient (Wildman–Crippen LogP) is -1.15. The fourth-order valence-corrected chi connectivity index (χ4v) is 5.44. The molecule has 2 heterocycles. The van der Waals surface area contributed by atoms with Gasteiger partial charge in [0.25, 0.3) is 0 Å². The van der Waals surface area contributed by atoms with E-state index in [4.69, 9.17) is 24.7 Å². The first-order chi connectivity index (χ1) is 15.0. The van der Waals surface area contributed by atoms with Crippen LogP contribution in [0.3, 0.4) is 0 Å². The molecule has 32 heavy (non-hydrogen) atoms. The summed E-state index contributed by atoms with van der Waals surface area (Å²) in [6.07, 6.45) is -2.36. The molecule has 0 aromatic carbocycles. The molecule has 9 N–H and O–H groups in total. The van der Waals surface area contributed by atoms with Gasteiger partial charge in [-0.3, -0.25) is 0 Å². The fourth-order valence-electron chi connectivity index (χ4n) is 5.44. The Morgan fingerprint density at radius 1 is 1.12 bits per heavy atom. The standard InChI is InChI=1S/C22H42N2O8/c1-6-22(7-2,32-20-16(23)13(27)9-12(10-25)30-20)21(4,5)15-14(11-26)31-19(29-8-3)17(24)18(15)28/h8,12-20,25-28H,3,6-7,9-11,23-24H2,1-2,4-5H3/p+1. The average Bonchev–Trinajstić information content (AvgIpc) is 2.77. The molecule has 0 saturated carbocycles. The maximum atomic E-state index is 11.2. The van der Waals surface area contributed by atoms with Crippen molar-refractivity contribution in [3.8, 4) is 0 Å². The van der Waals surface area contributed by atoms with E-state index < -0.39 is 66.0 Å². The smallest absolute Gasteiger partial charge is 0.217 e. The van der Waals surface area contributed by atoms with E-state index >= 15 is 0 Å². The van der Waals surface area contributed by atoms with Gasteiger partial charge in [0.2, 0.25) is 12.6 Å². The summed E-state index contributed by atoms with van der Waals surface area (Å²) in [5.74, 6) is -0.600. The number of ether oxygens (including phenoxy) is 4. The number of nitrogens with two attached hydrogens (primary N) is 1. The Morgan fingerprint density at radius 2 is 1.75 bits per heavy atom. The highest BCUT2D eigenvalue weighted by Gasteiger charge is 2.59. The van der Waals surface area contributed by atoms with E-state index in [9.17, 15) is 20.4 Å². The van der Waals surface area contributed by atoms with Crippen LogP contribution < -0.4 is 11.5 Å². The second-order valence-electron chi connectivity index (χ2n) is 9.44. The summed E-state index contributed by atoms with van der Waals surface area (Å²) in [6.45, 7) is 10.8. The number of hydrogen-bond acceptors (Lipinski definition) is 9. The van der Waals surface area contributed by atoms with Gasteiger partial charge in [0.1, 0.15) is 6.10 Å². The van der Waals surface area contributed by atoms with E-state index in [2.05, 4.69) is 12.3 Å². The molecule has 2 fully saturated rings. The highest BCUT2D eigenvalue weighted by Crippen LogP contribution is 2.51. The Hall–Kier alpha value is -0.820. The van der Waals surface area contributed by atoms with Crippen LogP contribution in [0, 0.1) is 11.3 Å². The zero-order valence-corrected chi connectivity index (χ0v) is 19.7. The van der Waals surface area contributed by atoms with Crippen LogP contribution in [0.25, 0.3) is 0 Å². The van der Waals surface area contributed by atoms with Crippen molar-refractivity contribution < 1.29 is 45.1 Å². The van der Waals surface area contributed by atoms with Gasteiger partial charge in [-0.25, -0.2) is 0 Å². The highest BCUT2D eigenvalue weighted by atomic mass is 16.7. The van der Waals surface area contributed by atoms with E-state index in [0.717, 1.165) is 0 Å². The van der Waals surface area contributed by atoms with E-state index in [-0.39, 0.29) is 19.6 Å². The Labute approximate surface area is 190 Å². The quantitative estimate of drug-likeness (QED) is 0.219. The Morgan fingerprint density at radius 3 is 2.25 bits per heavy atom. The summed E-state index contributed by atoms with van der Waals surface area (Å²) >= 11 is 0. The molecule has 0 aliphatic carbocycles. The van der Waals surface area contributed by atoms with Gasteiger partial charge in [0.05, 0.1) is 49.4 Å². The minimum atomic E-state index is -1.06. The van der Waals surface area contributed by atoms with Crippen LogP contribution >= 0.6 is 0 Å². The van der Waals surface area contributed by atoms with Crippen LogP contribution in [-0.2, 0) is 18.9 Å². The topological polar surface area (TPSA) is 172 Å². The number of hydrogen-bond donors (Lipinski definition) is 6. The molecule has 9 unspecified atom stereocenters. The molecular formula is C22H43N2O8+. The van der Waals surface area contributed by atoms with Crippen LogP contribution in [0.15, 0.2) is 12.8 Å². The molecule has 2 aliphatic rings. The van der Waals surface area contributed by atoms with Crippen molar-refractivity contribution in [2.24, 2.45) is 17.1 Å². The maximum Gasteiger partial charge on any atom is 0.217 e. The molecule has 2 aliphatic heterocycles. The lowest BCUT2D eigenvalue weighted by Crippen LogP contribution is -2.76. The van der Waals surface area contributed by atoms with Crippen LogP contribution in [0.1, 0.15) is 47.0 Å². The third kappa shape index (κ3) is 4.98. The second-order valence-corrected chi connectivity index (χ2v) is 9.44. The molecule has 10 heteroatoms. The van der Waals surface area contributed by atoms with E-state index in [1.54, 1.807) is 0 Å². The van der Waals surface area contributed by atoms with Gasteiger partial charge < -0.3 is 50.8 Å². The molecule has 2 saturated heterocycles. The monoisotopic (exact) mass is 463 g/mol. The summed E-state index contributed by atoms with van der Waals surface area (Å²) in [6, 6.07) is -1.42. The van der Waals surface area contributed by atoms with Crippen LogP contribution in [0.5, 0.6) is 0 Å². The minimum Gasteiger partial charge on any atom is -0.471 e. The van der Waals surface area contributed by atoms with Crippen molar-refractivity contribution in [2.75, 3.05) is 13.2 Å². The predicted molar refractivity (Wildman–Crippen MR) is 116 cm³/mol. The lowest BCUT2D eigenvalue weighted by molar-refractivity contribution is -0.502. The first-order valence-corrected chi connectivity index (χ1v) is 11.4. The summed E-state index contributed by atoms with van der Waals surface area (Å²) in [4.78, 5) is 0. The molecule has 188 valence electrons. The Bertz CT molecular complexity index is 600. The van der Waals surface area contributed by atoms with Gasteiger partial charge in [-0.05, 0) is 12.8 Å². The van der Waals surface area contributed by atoms with Gasteiger partial charge in [0, 0.05) is 17.8 Å². The maximum absolute atomic E-state index is 11.2. The van der Waals surface area contributed by atoms with Gasteiger partial charge in [-0.1, -0.05) is 34.3 Å². The summed E-state index contributed by atoms with van der Waals surface area (Å²) < 4.78 is 23.7. The first kappa shape index (κ1) is 27.4. The number of aliphatic hydroxyl groups excluding tert-OH is 4. The first-order valence-electron chi connectivity index (χ1n) is 11.4. The van der Waals surface area contributed by atoms with Crippen molar-refractivity contribution in [1.29, 1.82) is 0 Å². The van der Waals surface area contributed by atoms with Crippen molar-refractivity contribution in [1.82, 2.24) is 0 Å². The van der Waals surface area contributed by atoms with Gasteiger partial charge in [-0.15, -0.1) is 0 Å². The zero-order chi connectivity index (χ0) is 24.3. The minimum absolute atomic E-state index is 0.237. The lowest BCUT2D eigenvalue weighted by atomic mass is 9.59. The molecule has 10 nitrogen and oxygen atoms in total. The zero-order valence-electron chi connectivity index (χ0n) is 19.7. The average molecular weight is 464 g/mol. The van der Waals surface area contributed by atoms with Gasteiger partial charge >= 0.3 is 0 Å². The van der Waals surface area contributed by atoms with Crippen LogP contribution in [0.4, 0.5) is 0 Å². The third-order valence-electron chi connectivity index (χ3n) is 7.57. The Balaban J connectivity index is 2.40. The largest absolute Gasteiger partial charge is 0.471 e. The van der Waals surface area contributed by atoms with E-state index in [0.29, 0.717) is 12.8 Å². The van der Waals surface area contributed by atoms with E-state index in [1.165, 1.54) is 6.26 Å². The normalized spacial score (nSPS) is 39.0. The second kappa shape index (κ2) is 11.1. The summed E-state index contributed by atoms with van der Waals surface area (Å²) in [5.41, 5.74) is 8.64. The number of quaternary nitrogens is 1. The molecule has 0 bridgehead atoms. The molecular weight excluding hydrogens is 420 g/mol. The van der Waals surface area contributed by atoms with Crippen molar-refractivity contribution in [3.63, 3.8) is 0 Å². The molecule has 9 atom stereocenters. The lowest BCUT2D eigenvalue weighted by Gasteiger charge is -2.57. The molecule has 2 rings (SSSR count). The Kier molecular flexibility index (Phi) is 9.49. The van der Waals surface area contributed by atoms with Crippen molar-refractivity contribution >= 4 is 0 Å². The SMILES string of the molecule is C=COC1OC(CO)C(C(C)(C)C(CC)(CC)OC2OC(CO)CC(O)C2[NH3+])C(O)C1N. The van der Waals surface area contributed by atoms with Gasteiger partial charge in [0.15, 0.2) is 6.04 Å².